The van der Waals surface area contributed by atoms with Crippen molar-refractivity contribution in [3.8, 4) is 11.5 Å². The number of phenolic OH excluding ortho intramolecular Hbond substituents is 1. The summed E-state index contributed by atoms with van der Waals surface area (Å²) in [7, 11) is -2.60. The second-order valence-electron chi connectivity index (χ2n) is 7.06. The molecule has 0 unspecified atom stereocenters. The summed E-state index contributed by atoms with van der Waals surface area (Å²) in [5, 5.41) is 14.1. The van der Waals surface area contributed by atoms with E-state index in [2.05, 4.69) is 10.5 Å². The maximum Gasteiger partial charge on any atom is 0.255 e. The standard InChI is InChI=1S/C23H21Cl2N3O5S/c1-33-22-12-16(8-10-21(22)29)13-26-27-23(30)15-28(14-17-7-9-19(24)20(25)11-17)34(31,32)18-5-3-2-4-6-18/h2-13,29H,14-15H2,1H3,(H,27,30). The first kappa shape index (κ1) is 25.5. The molecule has 3 rings (SSSR count). The summed E-state index contributed by atoms with van der Waals surface area (Å²) in [5.74, 6) is -0.439. The third-order valence-electron chi connectivity index (χ3n) is 4.65. The van der Waals surface area contributed by atoms with E-state index in [0.717, 1.165) is 4.31 Å². The maximum absolute atomic E-state index is 13.2. The zero-order valence-corrected chi connectivity index (χ0v) is 20.3. The molecule has 0 heterocycles. The Hall–Kier alpha value is -3.11. The first-order chi connectivity index (χ1) is 16.2. The SMILES string of the molecule is COc1cc(C=NNC(=O)CN(Cc2ccc(Cl)c(Cl)c2)S(=O)(=O)c2ccccc2)ccc1O. The van der Waals surface area contributed by atoms with E-state index in [0.29, 0.717) is 16.1 Å². The number of hydrogen-bond acceptors (Lipinski definition) is 6. The summed E-state index contributed by atoms with van der Waals surface area (Å²) in [6, 6.07) is 17.1. The number of ether oxygens (including phenoxy) is 1. The van der Waals surface area contributed by atoms with E-state index in [1.165, 1.54) is 37.6 Å². The van der Waals surface area contributed by atoms with E-state index in [-0.39, 0.29) is 28.0 Å². The largest absolute Gasteiger partial charge is 0.504 e. The predicted octanol–water partition coefficient (Wildman–Crippen LogP) is 4.05. The molecule has 34 heavy (non-hydrogen) atoms. The first-order valence-electron chi connectivity index (χ1n) is 9.88. The van der Waals surface area contributed by atoms with Crippen molar-refractivity contribution < 1.29 is 23.1 Å². The van der Waals surface area contributed by atoms with Gasteiger partial charge in [0.2, 0.25) is 10.0 Å². The van der Waals surface area contributed by atoms with Crippen molar-refractivity contribution in [2.75, 3.05) is 13.7 Å². The lowest BCUT2D eigenvalue weighted by atomic mass is 10.2. The summed E-state index contributed by atoms with van der Waals surface area (Å²) in [5.41, 5.74) is 3.43. The summed E-state index contributed by atoms with van der Waals surface area (Å²) in [6.45, 7) is -0.603. The van der Waals surface area contributed by atoms with Crippen LogP contribution in [0.1, 0.15) is 11.1 Å². The molecule has 11 heteroatoms. The molecule has 0 aliphatic rings. The number of methoxy groups -OCH3 is 1. The van der Waals surface area contributed by atoms with Crippen LogP contribution in [0.5, 0.6) is 11.5 Å². The summed E-state index contributed by atoms with van der Waals surface area (Å²) < 4.78 is 32.5. The minimum Gasteiger partial charge on any atom is -0.504 e. The molecular formula is C23H21Cl2N3O5S. The smallest absolute Gasteiger partial charge is 0.255 e. The topological polar surface area (TPSA) is 108 Å². The van der Waals surface area contributed by atoms with Crippen molar-refractivity contribution in [2.45, 2.75) is 11.4 Å². The van der Waals surface area contributed by atoms with Crippen molar-refractivity contribution in [1.82, 2.24) is 9.73 Å². The molecule has 0 fully saturated rings. The number of nitrogens with one attached hydrogen (secondary N) is 1. The van der Waals surface area contributed by atoms with Gasteiger partial charge in [0.15, 0.2) is 11.5 Å². The van der Waals surface area contributed by atoms with Gasteiger partial charge in [0, 0.05) is 6.54 Å². The Bertz CT molecular complexity index is 1300. The van der Waals surface area contributed by atoms with Crippen LogP contribution in [0.25, 0.3) is 0 Å². The maximum atomic E-state index is 13.2. The number of hydrazone groups is 1. The average molecular weight is 522 g/mol. The van der Waals surface area contributed by atoms with Crippen LogP contribution in [0.4, 0.5) is 0 Å². The van der Waals surface area contributed by atoms with Crippen molar-refractivity contribution in [3.05, 3.63) is 87.9 Å². The lowest BCUT2D eigenvalue weighted by Crippen LogP contribution is -2.39. The zero-order valence-electron chi connectivity index (χ0n) is 18.0. The summed E-state index contributed by atoms with van der Waals surface area (Å²) >= 11 is 12.0. The van der Waals surface area contributed by atoms with Gasteiger partial charge < -0.3 is 9.84 Å². The molecule has 8 nitrogen and oxygen atoms in total. The van der Waals surface area contributed by atoms with Crippen LogP contribution in [-0.4, -0.2) is 43.6 Å². The van der Waals surface area contributed by atoms with Crippen LogP contribution in [0.15, 0.2) is 76.7 Å². The highest BCUT2D eigenvalue weighted by molar-refractivity contribution is 7.89. The van der Waals surface area contributed by atoms with Gasteiger partial charge >= 0.3 is 0 Å². The van der Waals surface area contributed by atoms with Gasteiger partial charge in [0.25, 0.3) is 5.91 Å². The van der Waals surface area contributed by atoms with Crippen LogP contribution < -0.4 is 10.2 Å². The molecule has 0 atom stereocenters. The molecule has 0 spiro atoms. The van der Waals surface area contributed by atoms with Crippen molar-refractivity contribution >= 4 is 45.3 Å². The molecule has 3 aromatic carbocycles. The molecule has 178 valence electrons. The van der Waals surface area contributed by atoms with E-state index in [1.54, 1.807) is 42.5 Å². The van der Waals surface area contributed by atoms with Gasteiger partial charge in [-0.2, -0.15) is 9.41 Å². The highest BCUT2D eigenvalue weighted by atomic mass is 35.5. The quantitative estimate of drug-likeness (QED) is 0.326. The predicted molar refractivity (Wildman–Crippen MR) is 131 cm³/mol. The van der Waals surface area contributed by atoms with Crippen molar-refractivity contribution in [1.29, 1.82) is 0 Å². The number of nitrogens with zero attached hydrogens (tertiary/aromatic N) is 2. The van der Waals surface area contributed by atoms with E-state index < -0.39 is 22.5 Å². The summed E-state index contributed by atoms with van der Waals surface area (Å²) in [4.78, 5) is 12.6. The van der Waals surface area contributed by atoms with Gasteiger partial charge in [-0.15, -0.1) is 0 Å². The highest BCUT2D eigenvalue weighted by Crippen LogP contribution is 2.26. The van der Waals surface area contributed by atoms with E-state index in [1.807, 2.05) is 0 Å². The third-order valence-corrected chi connectivity index (χ3v) is 7.20. The number of carbonyl (C=O) groups is 1. The number of phenols is 1. The molecule has 0 radical (unpaired) electrons. The van der Waals surface area contributed by atoms with Gasteiger partial charge in [-0.05, 0) is 53.6 Å². The Labute approximate surface area is 207 Å². The number of amides is 1. The molecule has 1 amide bonds. The number of halogens is 2. The summed E-state index contributed by atoms with van der Waals surface area (Å²) in [6.07, 6.45) is 1.34. The first-order valence-corrected chi connectivity index (χ1v) is 12.1. The van der Waals surface area contributed by atoms with Gasteiger partial charge in [-0.3, -0.25) is 4.79 Å². The average Bonchev–Trinajstić information content (AvgIpc) is 2.82. The Morgan fingerprint density at radius 1 is 1.09 bits per heavy atom. The van der Waals surface area contributed by atoms with Crippen LogP contribution in [0.2, 0.25) is 10.0 Å². The lowest BCUT2D eigenvalue weighted by Gasteiger charge is -2.21. The fourth-order valence-electron chi connectivity index (χ4n) is 2.96. The fraction of sp³-hybridized carbons (Fsp3) is 0.130. The zero-order chi connectivity index (χ0) is 24.7. The van der Waals surface area contributed by atoms with Crippen LogP contribution >= 0.6 is 23.2 Å². The monoisotopic (exact) mass is 521 g/mol. The van der Waals surface area contributed by atoms with Crippen LogP contribution in [0, 0.1) is 0 Å². The van der Waals surface area contributed by atoms with Crippen LogP contribution in [-0.2, 0) is 21.4 Å². The van der Waals surface area contributed by atoms with Crippen molar-refractivity contribution in [3.63, 3.8) is 0 Å². The minimum absolute atomic E-state index is 0.0345. The number of carbonyl (C=O) groups excluding carboxylic acids is 1. The van der Waals surface area contributed by atoms with E-state index in [9.17, 15) is 18.3 Å². The Balaban J connectivity index is 1.79. The molecule has 3 aromatic rings. The second kappa shape index (κ2) is 11.3. The molecule has 0 saturated carbocycles. The van der Waals surface area contributed by atoms with Gasteiger partial charge in [0.05, 0.1) is 34.8 Å². The fourth-order valence-corrected chi connectivity index (χ4v) is 4.68. The van der Waals surface area contributed by atoms with E-state index in [4.69, 9.17) is 27.9 Å². The second-order valence-corrected chi connectivity index (χ2v) is 9.81. The normalized spacial score (nSPS) is 11.6. The molecule has 0 aromatic heterocycles. The molecule has 0 bridgehead atoms. The number of aromatic hydroxyl groups is 1. The number of benzene rings is 3. The van der Waals surface area contributed by atoms with Crippen molar-refractivity contribution in [2.24, 2.45) is 5.10 Å². The molecule has 2 N–H and O–H groups in total. The molecule has 0 aliphatic heterocycles. The van der Waals surface area contributed by atoms with E-state index >= 15 is 0 Å². The number of sulfonamides is 1. The Morgan fingerprint density at radius 3 is 2.50 bits per heavy atom. The minimum atomic E-state index is -4.01. The number of rotatable bonds is 9. The highest BCUT2D eigenvalue weighted by Gasteiger charge is 2.27. The third kappa shape index (κ3) is 6.48. The molecular weight excluding hydrogens is 501 g/mol. The molecule has 0 aliphatic carbocycles. The van der Waals surface area contributed by atoms with Gasteiger partial charge in [0.1, 0.15) is 0 Å². The van der Waals surface area contributed by atoms with Crippen LogP contribution in [0.3, 0.4) is 0 Å². The Kier molecular flexibility index (Phi) is 8.51. The lowest BCUT2D eigenvalue weighted by molar-refractivity contribution is -0.121. The number of hydrogen-bond donors (Lipinski definition) is 2. The molecule has 0 saturated heterocycles. The van der Waals surface area contributed by atoms with Gasteiger partial charge in [-0.1, -0.05) is 47.5 Å². The Morgan fingerprint density at radius 2 is 1.82 bits per heavy atom. The van der Waals surface area contributed by atoms with Gasteiger partial charge in [-0.25, -0.2) is 13.8 Å².